The van der Waals surface area contributed by atoms with E-state index in [4.69, 9.17) is 5.11 Å². The van der Waals surface area contributed by atoms with E-state index in [1.165, 1.54) is 12.1 Å². The molecule has 0 spiro atoms. The topological polar surface area (TPSA) is 46.5 Å². The van der Waals surface area contributed by atoms with Gasteiger partial charge in [-0.05, 0) is 23.1 Å². The van der Waals surface area contributed by atoms with E-state index in [0.29, 0.717) is 5.56 Å². The minimum Gasteiger partial charge on any atom is -0.478 e. The molecule has 0 amide bonds. The Hall–Kier alpha value is -1.72. The molecule has 1 N–H and O–H groups in total. The lowest BCUT2D eigenvalue weighted by molar-refractivity contribution is -0.275. The highest BCUT2D eigenvalue weighted by molar-refractivity contribution is 5.88. The summed E-state index contributed by atoms with van der Waals surface area (Å²) in [4.78, 5) is 10.7. The first-order chi connectivity index (χ1) is 8.00. The van der Waals surface area contributed by atoms with Crippen LogP contribution in [-0.4, -0.2) is 17.4 Å². The second-order valence-corrected chi connectivity index (χ2v) is 4.81. The van der Waals surface area contributed by atoms with E-state index in [1.807, 2.05) is 0 Å². The molecule has 0 aromatic heterocycles. The average molecular weight is 262 g/mol. The Morgan fingerprint density at radius 2 is 1.78 bits per heavy atom. The number of hydrogen-bond donors (Lipinski definition) is 1. The van der Waals surface area contributed by atoms with Crippen LogP contribution < -0.4 is 4.74 Å². The van der Waals surface area contributed by atoms with Gasteiger partial charge in [-0.25, -0.2) is 4.79 Å². The summed E-state index contributed by atoms with van der Waals surface area (Å²) in [6, 6.07) is 3.48. The molecule has 0 atom stereocenters. The molecule has 0 heterocycles. The van der Waals surface area contributed by atoms with Crippen molar-refractivity contribution < 1.29 is 27.8 Å². The molecule has 18 heavy (non-hydrogen) atoms. The van der Waals surface area contributed by atoms with Gasteiger partial charge in [0.2, 0.25) is 0 Å². The third kappa shape index (κ3) is 3.65. The third-order valence-electron chi connectivity index (χ3n) is 2.26. The molecular formula is C12H13F3O3. The lowest BCUT2D eigenvalue weighted by Gasteiger charge is -2.23. The van der Waals surface area contributed by atoms with Gasteiger partial charge in [0.25, 0.3) is 0 Å². The zero-order valence-corrected chi connectivity index (χ0v) is 10.1. The Labute approximate surface area is 102 Å². The molecule has 0 bridgehead atoms. The molecule has 1 aromatic rings. The van der Waals surface area contributed by atoms with Crippen LogP contribution in [0.5, 0.6) is 5.75 Å². The number of hydrogen-bond acceptors (Lipinski definition) is 2. The molecule has 100 valence electrons. The van der Waals surface area contributed by atoms with Gasteiger partial charge < -0.3 is 9.84 Å². The number of alkyl halides is 3. The Morgan fingerprint density at radius 1 is 1.22 bits per heavy atom. The van der Waals surface area contributed by atoms with E-state index in [2.05, 4.69) is 4.74 Å². The van der Waals surface area contributed by atoms with Crippen molar-refractivity contribution in [2.24, 2.45) is 0 Å². The normalized spacial score (nSPS) is 12.3. The molecule has 0 aliphatic heterocycles. The maximum atomic E-state index is 12.3. The molecule has 1 rings (SSSR count). The van der Waals surface area contributed by atoms with Crippen LogP contribution in [0, 0.1) is 0 Å². The lowest BCUT2D eigenvalue weighted by Crippen LogP contribution is -2.21. The predicted molar refractivity (Wildman–Crippen MR) is 58.8 cm³/mol. The van der Waals surface area contributed by atoms with Gasteiger partial charge in [0, 0.05) is 0 Å². The van der Waals surface area contributed by atoms with E-state index in [9.17, 15) is 18.0 Å². The maximum absolute atomic E-state index is 12.3. The first-order valence-corrected chi connectivity index (χ1v) is 5.14. The number of halogens is 3. The van der Waals surface area contributed by atoms with Gasteiger partial charge in [0.05, 0.1) is 5.56 Å². The highest BCUT2D eigenvalue weighted by atomic mass is 19.4. The fourth-order valence-corrected chi connectivity index (χ4v) is 1.48. The third-order valence-corrected chi connectivity index (χ3v) is 2.26. The summed E-state index contributed by atoms with van der Waals surface area (Å²) in [7, 11) is 0. The second-order valence-electron chi connectivity index (χ2n) is 4.81. The largest absolute Gasteiger partial charge is 0.573 e. The molecule has 0 saturated heterocycles. The van der Waals surface area contributed by atoms with E-state index in [1.54, 1.807) is 20.8 Å². The summed E-state index contributed by atoms with van der Waals surface area (Å²) in [6.45, 7) is 5.14. The SMILES string of the molecule is CC(C)(C)c1ccc(C(=O)O)cc1OC(F)(F)F. The van der Waals surface area contributed by atoms with Crippen molar-refractivity contribution >= 4 is 5.97 Å². The van der Waals surface area contributed by atoms with Crippen LogP contribution in [0.2, 0.25) is 0 Å². The lowest BCUT2D eigenvalue weighted by atomic mass is 9.86. The molecule has 0 aliphatic carbocycles. The standard InChI is InChI=1S/C12H13F3O3/c1-11(2,3)8-5-4-7(10(16)17)6-9(8)18-12(13,14)15/h4-6H,1-3H3,(H,16,17). The molecule has 0 aliphatic rings. The fourth-order valence-electron chi connectivity index (χ4n) is 1.48. The van der Waals surface area contributed by atoms with Crippen molar-refractivity contribution in [1.82, 2.24) is 0 Å². The van der Waals surface area contributed by atoms with Gasteiger partial charge in [-0.15, -0.1) is 13.2 Å². The van der Waals surface area contributed by atoms with Crippen LogP contribution in [0.25, 0.3) is 0 Å². The summed E-state index contributed by atoms with van der Waals surface area (Å²) in [5.41, 5.74) is -0.537. The molecule has 3 nitrogen and oxygen atoms in total. The van der Waals surface area contributed by atoms with Crippen LogP contribution in [0.15, 0.2) is 18.2 Å². The number of ether oxygens (including phenoxy) is 1. The molecule has 1 aromatic carbocycles. The Morgan fingerprint density at radius 3 is 2.17 bits per heavy atom. The van der Waals surface area contributed by atoms with E-state index in [-0.39, 0.29) is 5.56 Å². The summed E-state index contributed by atoms with van der Waals surface area (Å²) < 4.78 is 40.7. The molecule has 0 saturated carbocycles. The van der Waals surface area contributed by atoms with Crippen LogP contribution >= 0.6 is 0 Å². The maximum Gasteiger partial charge on any atom is 0.573 e. The van der Waals surface area contributed by atoms with Gasteiger partial charge in [-0.1, -0.05) is 26.8 Å². The summed E-state index contributed by atoms with van der Waals surface area (Å²) in [5.74, 6) is -1.78. The van der Waals surface area contributed by atoms with Crippen LogP contribution in [0.3, 0.4) is 0 Å². The van der Waals surface area contributed by atoms with Crippen LogP contribution in [0.1, 0.15) is 36.7 Å². The van der Waals surface area contributed by atoms with Gasteiger partial charge in [0.15, 0.2) is 0 Å². The molecule has 0 unspecified atom stereocenters. The monoisotopic (exact) mass is 262 g/mol. The summed E-state index contributed by atoms with van der Waals surface area (Å²) >= 11 is 0. The van der Waals surface area contributed by atoms with Crippen molar-refractivity contribution in [2.45, 2.75) is 32.5 Å². The number of benzene rings is 1. The van der Waals surface area contributed by atoms with Gasteiger partial charge in [-0.3, -0.25) is 0 Å². The van der Waals surface area contributed by atoms with Crippen LogP contribution in [-0.2, 0) is 5.41 Å². The molecule has 0 radical (unpaired) electrons. The molecule has 0 fully saturated rings. The number of carbonyl (C=O) groups is 1. The zero-order valence-electron chi connectivity index (χ0n) is 10.1. The fraction of sp³-hybridized carbons (Fsp3) is 0.417. The Bertz CT molecular complexity index is 459. The highest BCUT2D eigenvalue weighted by Gasteiger charge is 2.34. The quantitative estimate of drug-likeness (QED) is 0.886. The molecule has 6 heteroatoms. The van der Waals surface area contributed by atoms with Crippen molar-refractivity contribution in [1.29, 1.82) is 0 Å². The summed E-state index contributed by atoms with van der Waals surface area (Å²) in [6.07, 6.45) is -4.85. The Balaban J connectivity index is 3.32. The highest BCUT2D eigenvalue weighted by Crippen LogP contribution is 2.35. The minimum atomic E-state index is -4.85. The summed E-state index contributed by atoms with van der Waals surface area (Å²) in [5, 5.41) is 8.76. The van der Waals surface area contributed by atoms with Crippen molar-refractivity contribution in [3.8, 4) is 5.75 Å². The zero-order chi connectivity index (χ0) is 14.1. The Kier molecular flexibility index (Phi) is 3.59. The van der Waals surface area contributed by atoms with Crippen molar-refractivity contribution in [3.05, 3.63) is 29.3 Å². The van der Waals surface area contributed by atoms with Crippen LogP contribution in [0.4, 0.5) is 13.2 Å². The minimum absolute atomic E-state index is 0.248. The smallest absolute Gasteiger partial charge is 0.478 e. The molecular weight excluding hydrogens is 249 g/mol. The van der Waals surface area contributed by atoms with E-state index >= 15 is 0 Å². The van der Waals surface area contributed by atoms with E-state index < -0.39 is 23.5 Å². The van der Waals surface area contributed by atoms with E-state index in [0.717, 1.165) is 6.07 Å². The van der Waals surface area contributed by atoms with Crippen molar-refractivity contribution in [2.75, 3.05) is 0 Å². The number of rotatable bonds is 2. The first-order valence-electron chi connectivity index (χ1n) is 5.14. The number of carboxylic acid groups (broad SMARTS) is 1. The number of aromatic carboxylic acids is 1. The number of carboxylic acids is 1. The average Bonchev–Trinajstić information content (AvgIpc) is 2.12. The second kappa shape index (κ2) is 4.51. The van der Waals surface area contributed by atoms with Gasteiger partial charge in [-0.2, -0.15) is 0 Å². The predicted octanol–water partition coefficient (Wildman–Crippen LogP) is 3.58. The van der Waals surface area contributed by atoms with Gasteiger partial charge >= 0.3 is 12.3 Å². The first kappa shape index (κ1) is 14.3. The van der Waals surface area contributed by atoms with Gasteiger partial charge in [0.1, 0.15) is 5.75 Å². The van der Waals surface area contributed by atoms with Crippen molar-refractivity contribution in [3.63, 3.8) is 0 Å².